The number of cyclic esters (lactones) is 4. The van der Waals surface area contributed by atoms with Gasteiger partial charge in [-0.2, -0.15) is 0 Å². The molecule has 0 aromatic heterocycles. The molecule has 4 heterocycles. The first-order valence-electron chi connectivity index (χ1n) is 12.5. The number of aliphatic hydroxyl groups is 1. The van der Waals surface area contributed by atoms with E-state index in [9.17, 15) is 19.2 Å². The maximum atomic E-state index is 10.6. The Hall–Kier alpha value is -3.23. The Balaban J connectivity index is 0. The summed E-state index contributed by atoms with van der Waals surface area (Å²) in [5.41, 5.74) is 6.59. The average molecular weight is 584 g/mol. The molecule has 0 fully saturated rings. The average Bonchev–Trinajstić information content (AvgIpc) is 3.52. The van der Waals surface area contributed by atoms with Gasteiger partial charge in [0.2, 0.25) is 6.29 Å². The number of hydrogen-bond acceptors (Lipinski definition) is 13. The van der Waals surface area contributed by atoms with Crippen LogP contribution in [0.1, 0.15) is 55.4 Å². The Morgan fingerprint density at radius 1 is 0.537 bits per heavy atom. The first-order chi connectivity index (χ1) is 18.7. The van der Waals surface area contributed by atoms with Crippen LogP contribution in [0.15, 0.2) is 44.6 Å². The van der Waals surface area contributed by atoms with Crippen molar-refractivity contribution in [2.24, 2.45) is 0 Å². The molecule has 4 aliphatic rings. The predicted octanol–water partition coefficient (Wildman–Crippen LogP) is 1.01. The molecule has 0 saturated heterocycles. The van der Waals surface area contributed by atoms with E-state index in [1.807, 2.05) is 20.8 Å². The van der Waals surface area contributed by atoms with Gasteiger partial charge in [-0.3, -0.25) is 0 Å². The minimum absolute atomic E-state index is 0.164. The Kier molecular flexibility index (Phi) is 19.3. The Labute approximate surface area is 241 Å². The largest absolute Gasteiger partial charge is 0.458 e. The molecule has 230 valence electrons. The van der Waals surface area contributed by atoms with E-state index < -0.39 is 26.5 Å². The summed E-state index contributed by atoms with van der Waals surface area (Å²) in [5, 5.41) is 39.3. The van der Waals surface area contributed by atoms with Crippen molar-refractivity contribution in [3.63, 3.8) is 0 Å². The van der Waals surface area contributed by atoms with Crippen LogP contribution in [0.3, 0.4) is 0 Å². The first kappa shape index (κ1) is 39.9. The molecular formula is C26H42B2O13. The van der Waals surface area contributed by atoms with Crippen LogP contribution in [0.2, 0.25) is 13.6 Å². The van der Waals surface area contributed by atoms with E-state index in [1.54, 1.807) is 34.6 Å². The second kappa shape index (κ2) is 19.8. The van der Waals surface area contributed by atoms with E-state index >= 15 is 0 Å². The van der Waals surface area contributed by atoms with E-state index in [0.29, 0.717) is 31.0 Å². The molecule has 5 N–H and O–H groups in total. The molecular weight excluding hydrogens is 542 g/mol. The third kappa shape index (κ3) is 16.6. The second-order valence-electron chi connectivity index (χ2n) is 9.27. The summed E-state index contributed by atoms with van der Waals surface area (Å²) in [7, 11) is -2.33. The third-order valence-electron chi connectivity index (χ3n) is 5.59. The summed E-state index contributed by atoms with van der Waals surface area (Å²) >= 11 is 0. The van der Waals surface area contributed by atoms with E-state index in [-0.39, 0.29) is 17.9 Å². The highest BCUT2D eigenvalue weighted by molar-refractivity contribution is 6.39. The molecule has 0 spiro atoms. The van der Waals surface area contributed by atoms with Crippen LogP contribution in [0, 0.1) is 0 Å². The van der Waals surface area contributed by atoms with Gasteiger partial charge < -0.3 is 44.2 Å². The molecule has 0 saturated carbocycles. The minimum atomic E-state index is -1.17. The number of hydrogen-bond donors (Lipinski definition) is 5. The monoisotopic (exact) mass is 584 g/mol. The zero-order valence-electron chi connectivity index (χ0n) is 25.4. The smallest absolute Gasteiger partial charge is 0.448 e. The zero-order valence-corrected chi connectivity index (χ0v) is 25.4. The first-order valence-corrected chi connectivity index (χ1v) is 12.5. The van der Waals surface area contributed by atoms with E-state index in [2.05, 4.69) is 18.9 Å². The molecule has 4 aliphatic heterocycles. The molecule has 41 heavy (non-hydrogen) atoms. The maximum Gasteiger partial charge on any atom is 0.448 e. The van der Waals surface area contributed by atoms with Crippen molar-refractivity contribution in [1.82, 2.24) is 0 Å². The van der Waals surface area contributed by atoms with Gasteiger partial charge in [-0.1, -0.05) is 0 Å². The van der Waals surface area contributed by atoms with Crippen LogP contribution < -0.4 is 0 Å². The number of carbonyl (C=O) groups excluding carboxylic acids is 4. The lowest BCUT2D eigenvalue weighted by Gasteiger charge is -1.99. The normalized spacial score (nSPS) is 18.7. The lowest BCUT2D eigenvalue weighted by atomic mass is 9.99. The van der Waals surface area contributed by atoms with Crippen LogP contribution in [-0.4, -0.2) is 89.4 Å². The van der Waals surface area contributed by atoms with Gasteiger partial charge in [0.1, 0.15) is 19.8 Å². The summed E-state index contributed by atoms with van der Waals surface area (Å²) in [6, 6.07) is 0. The van der Waals surface area contributed by atoms with Crippen molar-refractivity contribution in [3.05, 3.63) is 44.6 Å². The van der Waals surface area contributed by atoms with Gasteiger partial charge in [0.15, 0.2) is 0 Å². The van der Waals surface area contributed by atoms with Gasteiger partial charge in [-0.15, -0.1) is 0 Å². The predicted molar refractivity (Wildman–Crippen MR) is 151 cm³/mol. The topological polar surface area (TPSA) is 206 Å². The van der Waals surface area contributed by atoms with Crippen molar-refractivity contribution in [2.75, 3.05) is 19.8 Å². The van der Waals surface area contributed by atoms with Crippen LogP contribution >= 0.6 is 0 Å². The Morgan fingerprint density at radius 2 is 0.780 bits per heavy atom. The highest BCUT2D eigenvalue weighted by atomic mass is 16.6. The van der Waals surface area contributed by atoms with E-state index in [4.69, 9.17) is 25.2 Å². The molecule has 1 unspecified atom stereocenters. The van der Waals surface area contributed by atoms with Gasteiger partial charge in [0.25, 0.3) is 0 Å². The van der Waals surface area contributed by atoms with Crippen molar-refractivity contribution < 1.29 is 63.3 Å². The molecule has 0 aliphatic carbocycles. The quantitative estimate of drug-likeness (QED) is 0.153. The van der Waals surface area contributed by atoms with Crippen LogP contribution in [0.4, 0.5) is 0 Å². The number of ether oxygens (including phenoxy) is 4. The molecule has 0 radical (unpaired) electrons. The molecule has 1 atom stereocenters. The fourth-order valence-electron chi connectivity index (χ4n) is 2.32. The SMILES string of the molecule is CB(O)O.CB(O)O.CC1=C(C)C(=O)OC1.CC1=C(C)C(=O)OC1.CC1=C(C)C(=O)OC1.CC1=C(C)C(O)OC1=O. The lowest BCUT2D eigenvalue weighted by molar-refractivity contribution is -0.152. The summed E-state index contributed by atoms with van der Waals surface area (Å²) in [4.78, 5) is 42.1. The Bertz CT molecular complexity index is 967. The Morgan fingerprint density at radius 3 is 0.829 bits per heavy atom. The van der Waals surface area contributed by atoms with Crippen LogP contribution in [0.5, 0.6) is 0 Å². The summed E-state index contributed by atoms with van der Waals surface area (Å²) in [5.74, 6) is -0.910. The molecule has 0 amide bonds. The third-order valence-corrected chi connectivity index (χ3v) is 5.59. The number of carbonyl (C=O) groups is 4. The van der Waals surface area contributed by atoms with Gasteiger partial charge in [0, 0.05) is 27.9 Å². The molecule has 0 bridgehead atoms. The fourth-order valence-corrected chi connectivity index (χ4v) is 2.32. The molecule has 0 aromatic rings. The van der Waals surface area contributed by atoms with Crippen LogP contribution in [0.25, 0.3) is 0 Å². The van der Waals surface area contributed by atoms with E-state index in [0.717, 1.165) is 33.4 Å². The second-order valence-corrected chi connectivity index (χ2v) is 9.27. The lowest BCUT2D eigenvalue weighted by Crippen LogP contribution is -2.07. The van der Waals surface area contributed by atoms with Gasteiger partial charge in [0.05, 0.1) is 0 Å². The van der Waals surface area contributed by atoms with E-state index in [1.165, 1.54) is 13.6 Å². The highest BCUT2D eigenvalue weighted by Gasteiger charge is 2.25. The van der Waals surface area contributed by atoms with Crippen molar-refractivity contribution in [2.45, 2.75) is 75.3 Å². The number of esters is 4. The molecule has 15 heteroatoms. The van der Waals surface area contributed by atoms with Gasteiger partial charge >= 0.3 is 38.1 Å². The van der Waals surface area contributed by atoms with Crippen molar-refractivity contribution in [3.8, 4) is 0 Å². The fraction of sp³-hybridized carbons (Fsp3) is 0.538. The van der Waals surface area contributed by atoms with Gasteiger partial charge in [-0.05, 0) is 85.8 Å². The molecule has 4 rings (SSSR count). The standard InChI is InChI=1S/C6H8O3.3C6H8O2.2CH5BO2/c1-3-4(2)6(8)9-5(3)7;3*1-4-3-8-6(7)5(4)2;2*1-2(3)4/h5,7H,1-2H3;3*3H2,1-2H3;2*3-4H,1H3. The van der Waals surface area contributed by atoms with Crippen LogP contribution in [-0.2, 0) is 38.1 Å². The molecule has 0 aromatic carbocycles. The molecule has 13 nitrogen and oxygen atoms in total. The number of rotatable bonds is 0. The minimum Gasteiger partial charge on any atom is -0.458 e. The summed E-state index contributed by atoms with van der Waals surface area (Å²) < 4.78 is 18.4. The summed E-state index contributed by atoms with van der Waals surface area (Å²) in [6.45, 7) is 18.4. The summed E-state index contributed by atoms with van der Waals surface area (Å²) in [6.07, 6.45) is -1.00. The number of aliphatic hydroxyl groups excluding tert-OH is 1. The van der Waals surface area contributed by atoms with Crippen molar-refractivity contribution >= 4 is 38.1 Å². The van der Waals surface area contributed by atoms with Crippen molar-refractivity contribution in [1.29, 1.82) is 0 Å². The zero-order chi connectivity index (χ0) is 32.6. The highest BCUT2D eigenvalue weighted by Crippen LogP contribution is 2.19. The van der Waals surface area contributed by atoms with Gasteiger partial charge in [-0.25, -0.2) is 19.2 Å². The maximum absolute atomic E-state index is 10.6.